The summed E-state index contributed by atoms with van der Waals surface area (Å²) in [4.78, 5) is 5.75. The van der Waals surface area contributed by atoms with Gasteiger partial charge in [0.25, 0.3) is 0 Å². The van der Waals surface area contributed by atoms with Crippen LogP contribution in [-0.4, -0.2) is 11.5 Å². The lowest BCUT2D eigenvalue weighted by molar-refractivity contribution is 0.455. The third kappa shape index (κ3) is 5.10. The Kier molecular flexibility index (Phi) is 6.64. The predicted molar refractivity (Wildman–Crippen MR) is 92.5 cm³/mol. The van der Waals surface area contributed by atoms with Gasteiger partial charge in [0.05, 0.1) is 4.88 Å². The Labute approximate surface area is 131 Å². The summed E-state index contributed by atoms with van der Waals surface area (Å²) in [6, 6.07) is 10.4. The predicted octanol–water partition coefficient (Wildman–Crippen LogP) is 4.89. The Morgan fingerprint density at radius 1 is 1.33 bits per heavy atom. The summed E-state index contributed by atoms with van der Waals surface area (Å²) in [5.41, 5.74) is 1.25. The first-order valence-corrected chi connectivity index (χ1v) is 8.46. The number of aromatic nitrogens is 1. The maximum absolute atomic E-state index is 4.51. The molecule has 0 bridgehead atoms. The molecule has 3 heteroatoms. The number of benzene rings is 1. The lowest BCUT2D eigenvalue weighted by Crippen LogP contribution is -2.17. The van der Waals surface area contributed by atoms with Crippen molar-refractivity contribution in [2.75, 3.05) is 6.54 Å². The highest BCUT2D eigenvalue weighted by Gasteiger charge is 2.05. The lowest BCUT2D eigenvalue weighted by atomic mass is 9.99. The molecule has 1 aromatic heterocycles. The smallest absolute Gasteiger partial charge is 0.107 e. The maximum Gasteiger partial charge on any atom is 0.107 e. The van der Waals surface area contributed by atoms with Crippen molar-refractivity contribution in [2.24, 2.45) is 5.92 Å². The van der Waals surface area contributed by atoms with Crippen molar-refractivity contribution in [3.8, 4) is 10.4 Å². The molecule has 1 aromatic carbocycles. The minimum atomic E-state index is 0.756. The quantitative estimate of drug-likeness (QED) is 0.526. The van der Waals surface area contributed by atoms with Crippen molar-refractivity contribution in [3.05, 3.63) is 54.2 Å². The topological polar surface area (TPSA) is 24.9 Å². The summed E-state index contributed by atoms with van der Waals surface area (Å²) in [6.07, 6.45) is 7.56. The van der Waals surface area contributed by atoms with E-state index in [2.05, 4.69) is 48.1 Å². The van der Waals surface area contributed by atoms with Gasteiger partial charge in [-0.15, -0.1) is 17.9 Å². The van der Waals surface area contributed by atoms with E-state index < -0.39 is 0 Å². The number of allylic oxidation sites excluding steroid dienone is 1. The molecule has 1 unspecified atom stereocenters. The van der Waals surface area contributed by atoms with Gasteiger partial charge in [0.2, 0.25) is 0 Å². The number of thiazole rings is 1. The van der Waals surface area contributed by atoms with E-state index in [0.29, 0.717) is 0 Å². The molecule has 2 nitrogen and oxygen atoms in total. The Morgan fingerprint density at radius 3 is 2.86 bits per heavy atom. The van der Waals surface area contributed by atoms with Crippen LogP contribution in [0.4, 0.5) is 0 Å². The molecule has 0 spiro atoms. The van der Waals surface area contributed by atoms with E-state index in [1.807, 2.05) is 18.3 Å². The van der Waals surface area contributed by atoms with E-state index in [-0.39, 0.29) is 0 Å². The first-order valence-electron chi connectivity index (χ1n) is 7.65. The van der Waals surface area contributed by atoms with Gasteiger partial charge >= 0.3 is 0 Å². The molecule has 0 saturated heterocycles. The highest BCUT2D eigenvalue weighted by atomic mass is 32.1. The van der Waals surface area contributed by atoms with Crippen LogP contribution in [0.5, 0.6) is 0 Å². The summed E-state index contributed by atoms with van der Waals surface area (Å²) < 4.78 is 0. The maximum atomic E-state index is 4.51. The fourth-order valence-electron chi connectivity index (χ4n) is 2.35. The van der Waals surface area contributed by atoms with E-state index in [1.54, 1.807) is 11.3 Å². The van der Waals surface area contributed by atoms with Gasteiger partial charge < -0.3 is 5.32 Å². The molecule has 0 radical (unpaired) electrons. The van der Waals surface area contributed by atoms with Gasteiger partial charge in [-0.2, -0.15) is 0 Å². The Bertz CT molecular complexity index is 533. The number of hydrogen-bond acceptors (Lipinski definition) is 3. The second-order valence-electron chi connectivity index (χ2n) is 5.25. The van der Waals surface area contributed by atoms with Gasteiger partial charge in [-0.1, -0.05) is 49.8 Å². The van der Waals surface area contributed by atoms with Crippen molar-refractivity contribution >= 4 is 11.3 Å². The van der Waals surface area contributed by atoms with Crippen LogP contribution in [-0.2, 0) is 6.54 Å². The van der Waals surface area contributed by atoms with E-state index in [1.165, 1.54) is 23.3 Å². The average molecular weight is 300 g/mol. The molecular formula is C18H24N2S. The average Bonchev–Trinajstić information content (AvgIpc) is 3.00. The largest absolute Gasteiger partial charge is 0.310 e. The van der Waals surface area contributed by atoms with Gasteiger partial charge in [0.15, 0.2) is 0 Å². The molecule has 1 heterocycles. The normalized spacial score (nSPS) is 12.2. The van der Waals surface area contributed by atoms with Crippen molar-refractivity contribution in [3.63, 3.8) is 0 Å². The summed E-state index contributed by atoms with van der Waals surface area (Å²) in [6.45, 7) is 7.99. The van der Waals surface area contributed by atoms with Gasteiger partial charge in [0, 0.05) is 12.7 Å². The minimum absolute atomic E-state index is 0.756. The van der Waals surface area contributed by atoms with Crippen LogP contribution in [0.1, 0.15) is 31.2 Å². The fourth-order valence-corrected chi connectivity index (χ4v) is 3.25. The van der Waals surface area contributed by atoms with Crippen LogP contribution in [0.25, 0.3) is 10.4 Å². The molecule has 0 amide bonds. The van der Waals surface area contributed by atoms with Crippen LogP contribution in [0.3, 0.4) is 0 Å². The molecule has 1 atom stereocenters. The highest BCUT2D eigenvalue weighted by Crippen LogP contribution is 2.25. The molecule has 112 valence electrons. The molecule has 0 aliphatic heterocycles. The zero-order valence-electron chi connectivity index (χ0n) is 12.7. The first kappa shape index (κ1) is 15.9. The van der Waals surface area contributed by atoms with Gasteiger partial charge in [0.1, 0.15) is 5.01 Å². The molecule has 1 N–H and O–H groups in total. The molecular weight excluding hydrogens is 276 g/mol. The van der Waals surface area contributed by atoms with Gasteiger partial charge in [-0.25, -0.2) is 4.98 Å². The van der Waals surface area contributed by atoms with Crippen LogP contribution in [0, 0.1) is 5.92 Å². The second-order valence-corrected chi connectivity index (χ2v) is 6.36. The van der Waals surface area contributed by atoms with E-state index >= 15 is 0 Å². The first-order chi connectivity index (χ1) is 10.3. The molecule has 0 aliphatic carbocycles. The van der Waals surface area contributed by atoms with Gasteiger partial charge in [-0.3, -0.25) is 0 Å². The van der Waals surface area contributed by atoms with Crippen molar-refractivity contribution in [1.82, 2.24) is 10.3 Å². The fraction of sp³-hybridized carbons (Fsp3) is 0.389. The molecule has 0 aliphatic rings. The Morgan fingerprint density at radius 2 is 2.14 bits per heavy atom. The highest BCUT2D eigenvalue weighted by molar-refractivity contribution is 7.15. The van der Waals surface area contributed by atoms with Crippen molar-refractivity contribution < 1.29 is 0 Å². The van der Waals surface area contributed by atoms with Crippen molar-refractivity contribution in [2.45, 2.75) is 32.7 Å². The van der Waals surface area contributed by atoms with E-state index in [9.17, 15) is 0 Å². The number of rotatable bonds is 9. The summed E-state index contributed by atoms with van der Waals surface area (Å²) in [5.74, 6) is 0.756. The Balaban J connectivity index is 1.77. The molecule has 0 fully saturated rings. The summed E-state index contributed by atoms with van der Waals surface area (Å²) in [7, 11) is 0. The molecule has 2 rings (SSSR count). The van der Waals surface area contributed by atoms with E-state index in [4.69, 9.17) is 0 Å². The molecule has 21 heavy (non-hydrogen) atoms. The van der Waals surface area contributed by atoms with Crippen LogP contribution in [0.2, 0.25) is 0 Å². The number of nitrogens with zero attached hydrogens (tertiary/aromatic N) is 1. The zero-order valence-corrected chi connectivity index (χ0v) is 13.5. The van der Waals surface area contributed by atoms with Crippen LogP contribution >= 0.6 is 11.3 Å². The van der Waals surface area contributed by atoms with Crippen molar-refractivity contribution in [1.29, 1.82) is 0 Å². The summed E-state index contributed by atoms with van der Waals surface area (Å²) >= 11 is 1.77. The summed E-state index contributed by atoms with van der Waals surface area (Å²) in [5, 5.41) is 4.66. The standard InChI is InChI=1S/C18H24N2S/c1-3-8-15(4-2)11-12-19-14-18-20-13-17(21-18)16-9-6-5-7-10-16/h3,5-7,9-10,13,15,19H,1,4,8,11-12,14H2,2H3. The van der Waals surface area contributed by atoms with Gasteiger partial charge in [-0.05, 0) is 30.9 Å². The minimum Gasteiger partial charge on any atom is -0.310 e. The zero-order chi connectivity index (χ0) is 14.9. The third-order valence-corrected chi connectivity index (χ3v) is 4.74. The van der Waals surface area contributed by atoms with Crippen LogP contribution in [0.15, 0.2) is 49.2 Å². The van der Waals surface area contributed by atoms with E-state index in [0.717, 1.165) is 30.4 Å². The third-order valence-electron chi connectivity index (χ3n) is 3.69. The number of hydrogen-bond donors (Lipinski definition) is 1. The second kappa shape index (κ2) is 8.75. The lowest BCUT2D eigenvalue weighted by Gasteiger charge is -2.12. The monoisotopic (exact) mass is 300 g/mol. The Hall–Kier alpha value is -1.45. The molecule has 0 saturated carbocycles. The SMILES string of the molecule is C=CCC(CC)CCNCc1ncc(-c2ccccc2)s1. The van der Waals surface area contributed by atoms with Crippen LogP contribution < -0.4 is 5.32 Å². The molecule has 2 aromatic rings. The number of nitrogens with one attached hydrogen (secondary N) is 1.